The Morgan fingerprint density at radius 3 is 2.73 bits per heavy atom. The van der Waals surface area contributed by atoms with Gasteiger partial charge >= 0.3 is 0 Å². The minimum absolute atomic E-state index is 0.310. The molecule has 5 nitrogen and oxygen atoms in total. The summed E-state index contributed by atoms with van der Waals surface area (Å²) >= 11 is 0. The average molecular weight is 318 g/mol. The van der Waals surface area contributed by atoms with Gasteiger partial charge in [0.15, 0.2) is 9.84 Å². The lowest BCUT2D eigenvalue weighted by Gasteiger charge is -2.42. The molecule has 1 fully saturated rings. The highest BCUT2D eigenvalue weighted by molar-refractivity contribution is 7.90. The molecule has 0 radical (unpaired) electrons. The highest BCUT2D eigenvalue weighted by Gasteiger charge is 2.43. The van der Waals surface area contributed by atoms with Crippen LogP contribution < -0.4 is 10.1 Å². The van der Waals surface area contributed by atoms with Crippen molar-refractivity contribution in [2.75, 3.05) is 12.8 Å². The Morgan fingerprint density at radius 1 is 1.18 bits per heavy atom. The van der Waals surface area contributed by atoms with Gasteiger partial charge < -0.3 is 4.74 Å². The fourth-order valence-electron chi connectivity index (χ4n) is 3.42. The van der Waals surface area contributed by atoms with Gasteiger partial charge in [0.1, 0.15) is 10.8 Å². The first-order valence-corrected chi connectivity index (χ1v) is 9.36. The fourth-order valence-corrected chi connectivity index (χ4v) is 4.27. The summed E-state index contributed by atoms with van der Waals surface area (Å²) in [7, 11) is -3.32. The molecule has 1 unspecified atom stereocenters. The Labute approximate surface area is 129 Å². The SMILES string of the molecule is CS(=O)(=O)c1ccc2n1-c1ccccc1OC21CCCCN1. The van der Waals surface area contributed by atoms with E-state index >= 15 is 0 Å². The molecule has 1 N–H and O–H groups in total. The molecule has 22 heavy (non-hydrogen) atoms. The quantitative estimate of drug-likeness (QED) is 0.876. The van der Waals surface area contributed by atoms with Crippen molar-refractivity contribution in [1.29, 1.82) is 0 Å². The van der Waals surface area contributed by atoms with E-state index < -0.39 is 15.6 Å². The number of piperidine rings is 1. The van der Waals surface area contributed by atoms with E-state index in [9.17, 15) is 8.42 Å². The lowest BCUT2D eigenvalue weighted by atomic mass is 9.96. The fraction of sp³-hybridized carbons (Fsp3) is 0.375. The summed E-state index contributed by atoms with van der Waals surface area (Å²) in [5.74, 6) is 0.713. The number of rotatable bonds is 1. The lowest BCUT2D eigenvalue weighted by molar-refractivity contribution is -0.0103. The van der Waals surface area contributed by atoms with Crippen LogP contribution in [0.25, 0.3) is 5.69 Å². The molecule has 0 bridgehead atoms. The van der Waals surface area contributed by atoms with E-state index in [1.165, 1.54) is 6.26 Å². The molecule has 6 heteroatoms. The van der Waals surface area contributed by atoms with Crippen LogP contribution in [0.3, 0.4) is 0 Å². The van der Waals surface area contributed by atoms with Gasteiger partial charge in [-0.05, 0) is 43.7 Å². The van der Waals surface area contributed by atoms with Crippen molar-refractivity contribution >= 4 is 9.84 Å². The van der Waals surface area contributed by atoms with Crippen molar-refractivity contribution in [3.63, 3.8) is 0 Å². The van der Waals surface area contributed by atoms with Crippen molar-refractivity contribution < 1.29 is 13.2 Å². The van der Waals surface area contributed by atoms with Crippen molar-refractivity contribution in [3.8, 4) is 11.4 Å². The van der Waals surface area contributed by atoms with Crippen molar-refractivity contribution in [2.24, 2.45) is 0 Å². The number of benzene rings is 1. The molecule has 2 aliphatic heterocycles. The summed E-state index contributed by atoms with van der Waals surface area (Å²) in [5, 5.41) is 3.77. The molecule has 1 aromatic heterocycles. The zero-order chi connectivity index (χ0) is 15.4. The number of para-hydroxylation sites is 2. The molecule has 0 saturated carbocycles. The van der Waals surface area contributed by atoms with E-state index in [1.807, 2.05) is 34.9 Å². The predicted molar refractivity (Wildman–Crippen MR) is 83.0 cm³/mol. The van der Waals surface area contributed by atoms with Gasteiger partial charge in [-0.1, -0.05) is 12.1 Å². The summed E-state index contributed by atoms with van der Waals surface area (Å²) < 4.78 is 32.4. The molecule has 0 aliphatic carbocycles. The van der Waals surface area contributed by atoms with Crippen LogP contribution in [0.15, 0.2) is 41.4 Å². The molecule has 1 atom stereocenters. The number of hydrogen-bond acceptors (Lipinski definition) is 4. The summed E-state index contributed by atoms with van der Waals surface area (Å²) in [6.45, 7) is 0.863. The number of nitrogens with one attached hydrogen (secondary N) is 1. The average Bonchev–Trinajstić information content (AvgIpc) is 2.95. The second kappa shape index (κ2) is 4.60. The Hall–Kier alpha value is -1.79. The third-order valence-electron chi connectivity index (χ3n) is 4.40. The second-order valence-corrected chi connectivity index (χ2v) is 7.91. The van der Waals surface area contributed by atoms with Crippen molar-refractivity contribution in [1.82, 2.24) is 9.88 Å². The molecule has 0 amide bonds. The van der Waals surface area contributed by atoms with Crippen LogP contribution >= 0.6 is 0 Å². The Bertz CT molecular complexity index is 833. The van der Waals surface area contributed by atoms with Gasteiger partial charge in [-0.25, -0.2) is 8.42 Å². The molecule has 2 aromatic rings. The zero-order valence-corrected chi connectivity index (χ0v) is 13.2. The summed E-state index contributed by atoms with van der Waals surface area (Å²) in [5.41, 5.74) is 1.02. The topological polar surface area (TPSA) is 60.3 Å². The van der Waals surface area contributed by atoms with Crippen molar-refractivity contribution in [2.45, 2.75) is 30.0 Å². The van der Waals surface area contributed by atoms with E-state index in [4.69, 9.17) is 4.74 Å². The highest BCUT2D eigenvalue weighted by atomic mass is 32.2. The van der Waals surface area contributed by atoms with Crippen LogP contribution in [0.2, 0.25) is 0 Å². The molecule has 4 rings (SSSR count). The van der Waals surface area contributed by atoms with Gasteiger partial charge in [-0.2, -0.15) is 0 Å². The first-order chi connectivity index (χ1) is 10.5. The third kappa shape index (κ3) is 1.90. The van der Waals surface area contributed by atoms with Crippen LogP contribution in [0.4, 0.5) is 0 Å². The largest absolute Gasteiger partial charge is 0.465 e. The van der Waals surface area contributed by atoms with E-state index in [0.29, 0.717) is 10.8 Å². The van der Waals surface area contributed by atoms with Crippen LogP contribution in [0, 0.1) is 0 Å². The summed E-state index contributed by atoms with van der Waals surface area (Å²) in [6.07, 6.45) is 4.23. The van der Waals surface area contributed by atoms with Gasteiger partial charge in [-0.3, -0.25) is 9.88 Å². The Morgan fingerprint density at radius 2 is 2.00 bits per heavy atom. The summed E-state index contributed by atoms with van der Waals surface area (Å²) in [4.78, 5) is 0. The number of sulfone groups is 1. The molecular weight excluding hydrogens is 300 g/mol. The molecule has 3 heterocycles. The van der Waals surface area contributed by atoms with Gasteiger partial charge in [0, 0.05) is 12.7 Å². The molecular formula is C16H18N2O3S. The van der Waals surface area contributed by atoms with Crippen LogP contribution in [-0.4, -0.2) is 25.8 Å². The normalized spacial score (nSPS) is 23.7. The highest BCUT2D eigenvalue weighted by Crippen LogP contribution is 2.43. The molecule has 1 aromatic carbocycles. The first kappa shape index (κ1) is 13.8. The Kier molecular flexibility index (Phi) is 2.90. The molecule has 1 saturated heterocycles. The molecule has 1 spiro atoms. The van der Waals surface area contributed by atoms with Crippen LogP contribution in [0.1, 0.15) is 25.0 Å². The minimum Gasteiger partial charge on any atom is -0.465 e. The number of hydrogen-bond donors (Lipinski definition) is 1. The van der Waals surface area contributed by atoms with E-state index in [0.717, 1.165) is 37.2 Å². The maximum absolute atomic E-state index is 12.2. The van der Waals surface area contributed by atoms with E-state index in [1.54, 1.807) is 6.07 Å². The second-order valence-electron chi connectivity index (χ2n) is 5.95. The Balaban J connectivity index is 2.02. The predicted octanol–water partition coefficient (Wildman–Crippen LogP) is 2.20. The number of nitrogens with zero attached hydrogens (tertiary/aromatic N) is 1. The van der Waals surface area contributed by atoms with Crippen molar-refractivity contribution in [3.05, 3.63) is 42.1 Å². The van der Waals surface area contributed by atoms with Gasteiger partial charge in [0.05, 0.1) is 11.4 Å². The molecule has 2 aliphatic rings. The van der Waals surface area contributed by atoms with Gasteiger partial charge in [0.25, 0.3) is 0 Å². The van der Waals surface area contributed by atoms with E-state index in [2.05, 4.69) is 5.32 Å². The van der Waals surface area contributed by atoms with Gasteiger partial charge in [0.2, 0.25) is 5.72 Å². The van der Waals surface area contributed by atoms with E-state index in [-0.39, 0.29) is 0 Å². The first-order valence-electron chi connectivity index (χ1n) is 7.47. The molecule has 116 valence electrons. The van der Waals surface area contributed by atoms with Crippen LogP contribution in [-0.2, 0) is 15.6 Å². The number of fused-ring (bicyclic) bond motifs is 4. The van der Waals surface area contributed by atoms with Crippen LogP contribution in [0.5, 0.6) is 5.75 Å². The zero-order valence-electron chi connectivity index (χ0n) is 12.4. The maximum Gasteiger partial charge on any atom is 0.202 e. The summed E-state index contributed by atoms with van der Waals surface area (Å²) in [6, 6.07) is 11.1. The van der Waals surface area contributed by atoms with Gasteiger partial charge in [-0.15, -0.1) is 0 Å². The standard InChI is InChI=1S/C16H18N2O3S/c1-22(19,20)15-9-8-14-16(10-4-5-11-17-16)21-13-7-3-2-6-12(13)18(14)15/h2-3,6-9,17H,4-5,10-11H2,1H3. The number of aromatic nitrogens is 1. The minimum atomic E-state index is -3.32. The lowest BCUT2D eigenvalue weighted by Crippen LogP contribution is -2.53. The smallest absolute Gasteiger partial charge is 0.202 e. The third-order valence-corrected chi connectivity index (χ3v) is 5.47. The number of ether oxygens (including phenoxy) is 1. The maximum atomic E-state index is 12.2. The monoisotopic (exact) mass is 318 g/mol.